The number of nitrogens with zero attached hydrogens (tertiary/aromatic N) is 2. The minimum absolute atomic E-state index is 0.160. The van der Waals surface area contributed by atoms with Crippen molar-refractivity contribution in [3.05, 3.63) is 223 Å². The van der Waals surface area contributed by atoms with Crippen molar-refractivity contribution in [2.75, 3.05) is 4.90 Å². The van der Waals surface area contributed by atoms with Gasteiger partial charge in [-0.25, -0.2) is 0 Å². The third-order valence-corrected chi connectivity index (χ3v) is 11.9. The molecular weight excluding hydrogens is 725 g/mol. The van der Waals surface area contributed by atoms with Gasteiger partial charge in [0.05, 0.1) is 16.7 Å². The molecule has 0 unspecified atom stereocenters. The second-order valence-electron chi connectivity index (χ2n) is 15.7. The largest absolute Gasteiger partial charge is 0.310 e. The van der Waals surface area contributed by atoms with Gasteiger partial charge in [0, 0.05) is 38.8 Å². The Morgan fingerprint density at radius 2 is 1.25 bits per heavy atom. The Labute approximate surface area is 354 Å². The Bertz CT molecular complexity index is 3050. The van der Waals surface area contributed by atoms with Crippen LogP contribution in [0.4, 0.5) is 17.1 Å². The molecule has 0 spiro atoms. The molecule has 0 aliphatic heterocycles. The van der Waals surface area contributed by atoms with Gasteiger partial charge in [0.1, 0.15) is 0 Å². The van der Waals surface area contributed by atoms with Crippen LogP contribution in [-0.2, 0) is 5.41 Å². The maximum atomic E-state index is 5.93. The van der Waals surface area contributed by atoms with E-state index in [-0.39, 0.29) is 5.41 Å². The molecule has 1 aliphatic carbocycles. The minimum atomic E-state index is -0.160. The second-order valence-corrected chi connectivity index (χ2v) is 15.7. The van der Waals surface area contributed by atoms with Gasteiger partial charge in [0.15, 0.2) is 0 Å². The highest BCUT2D eigenvalue weighted by molar-refractivity contribution is 6.16. The van der Waals surface area contributed by atoms with Crippen LogP contribution >= 0.6 is 0 Å². The van der Waals surface area contributed by atoms with Gasteiger partial charge in [-0.1, -0.05) is 172 Å². The smallest absolute Gasteiger partial charge is 0.0568 e. The zero-order chi connectivity index (χ0) is 41.2. The predicted molar refractivity (Wildman–Crippen MR) is 259 cm³/mol. The molecule has 288 valence electrons. The lowest BCUT2D eigenvalue weighted by Crippen LogP contribution is -2.16. The van der Waals surface area contributed by atoms with Crippen LogP contribution in [0.15, 0.2) is 200 Å². The van der Waals surface area contributed by atoms with Gasteiger partial charge in [-0.3, -0.25) is 0 Å². The lowest BCUT2D eigenvalue weighted by Gasteiger charge is -2.29. The number of benzene rings is 7. The fourth-order valence-electron chi connectivity index (χ4n) is 8.81. The molecule has 2 heteroatoms. The summed E-state index contributed by atoms with van der Waals surface area (Å²) in [6, 6.07) is 56.7. The second kappa shape index (κ2) is 16.0. The number of terminal acetylenes is 1. The van der Waals surface area contributed by atoms with E-state index in [0.717, 1.165) is 61.2 Å². The molecule has 0 fully saturated rings. The summed E-state index contributed by atoms with van der Waals surface area (Å²) in [7, 11) is 0. The average Bonchev–Trinajstić information content (AvgIpc) is 3.75. The maximum Gasteiger partial charge on any atom is 0.0568 e. The summed E-state index contributed by atoms with van der Waals surface area (Å²) in [6.45, 7) is 11.1. The topological polar surface area (TPSA) is 8.17 Å². The van der Waals surface area contributed by atoms with Crippen LogP contribution in [0.3, 0.4) is 0 Å². The Hall–Kier alpha value is -7.60. The van der Waals surface area contributed by atoms with Gasteiger partial charge in [-0.2, -0.15) is 0 Å². The quantitative estimate of drug-likeness (QED) is 0.0993. The number of aromatic nitrogens is 1. The summed E-state index contributed by atoms with van der Waals surface area (Å²) in [5.74, 6) is 2.77. The summed E-state index contributed by atoms with van der Waals surface area (Å²) in [5.41, 5.74) is 16.8. The van der Waals surface area contributed by atoms with Crippen molar-refractivity contribution < 1.29 is 0 Å². The Balaban J connectivity index is 1.24. The molecule has 0 amide bonds. The zero-order valence-electron chi connectivity index (χ0n) is 34.3. The van der Waals surface area contributed by atoms with Crippen molar-refractivity contribution in [3.8, 4) is 40.3 Å². The number of fused-ring (bicyclic) bond motifs is 4. The molecule has 9 rings (SSSR count). The molecule has 0 N–H and O–H groups in total. The molecule has 0 bridgehead atoms. The van der Waals surface area contributed by atoms with Gasteiger partial charge in [-0.05, 0) is 112 Å². The molecule has 8 aromatic rings. The molecule has 7 aromatic carbocycles. The van der Waals surface area contributed by atoms with Crippen LogP contribution in [0, 0.1) is 12.3 Å². The van der Waals surface area contributed by atoms with Crippen molar-refractivity contribution in [3.63, 3.8) is 0 Å². The van der Waals surface area contributed by atoms with E-state index in [1.165, 1.54) is 33.4 Å². The van der Waals surface area contributed by atoms with Crippen molar-refractivity contribution in [1.29, 1.82) is 0 Å². The molecular formula is C58H46N2. The predicted octanol–water partition coefficient (Wildman–Crippen LogP) is 15.7. The van der Waals surface area contributed by atoms with Crippen LogP contribution < -0.4 is 4.90 Å². The normalized spacial score (nSPS) is 13.3. The molecule has 0 saturated carbocycles. The number of anilines is 3. The Morgan fingerprint density at radius 3 is 1.92 bits per heavy atom. The van der Waals surface area contributed by atoms with Crippen LogP contribution in [0.1, 0.15) is 43.0 Å². The average molecular weight is 771 g/mol. The fraction of sp³-hybridized carbons (Fsp3) is 0.0690. The molecule has 1 heterocycles. The van der Waals surface area contributed by atoms with Crippen molar-refractivity contribution >= 4 is 57.1 Å². The SMILES string of the molecule is C#C/C=C\c1c(N(c2ccccc2)c2ccc(-c3ccc(-c4ccccc4)cc3)cc2)cc2c(c1C=C)c1ccccc1n2-c1ccc2c(c1)C(C)(C)C(/C=C\C=C/C)=C2. The van der Waals surface area contributed by atoms with E-state index in [1.54, 1.807) is 6.08 Å². The molecule has 1 aromatic heterocycles. The minimum Gasteiger partial charge on any atom is -0.310 e. The van der Waals surface area contributed by atoms with Crippen LogP contribution in [0.25, 0.3) is 68.0 Å². The standard InChI is InChI=1S/C58H46N2/c1-6-9-13-22-46-38-45-34-37-49(39-53(45)58(46,4)5)60-54-27-19-18-26-52(54)57-50(8-3)51(25-10-7-2)55(40-56(57)60)59(47-23-16-12-17-24-47)48-35-32-44(33-36-48)43-30-28-42(29-31-43)41-20-14-11-15-21-41/h2,6,8-40H,3H2,1,4-5H3/b9-6-,22-13-,25-10-. The molecule has 1 aliphatic rings. The third-order valence-electron chi connectivity index (χ3n) is 11.9. The lowest BCUT2D eigenvalue weighted by atomic mass is 9.81. The molecule has 60 heavy (non-hydrogen) atoms. The van der Waals surface area contributed by atoms with Gasteiger partial charge in [0.25, 0.3) is 0 Å². The lowest BCUT2D eigenvalue weighted by molar-refractivity contribution is 0.654. The van der Waals surface area contributed by atoms with Crippen LogP contribution in [0.2, 0.25) is 0 Å². The van der Waals surface area contributed by atoms with Gasteiger partial charge in [-0.15, -0.1) is 6.42 Å². The van der Waals surface area contributed by atoms with E-state index < -0.39 is 0 Å². The van der Waals surface area contributed by atoms with Crippen molar-refractivity contribution in [1.82, 2.24) is 4.57 Å². The summed E-state index contributed by atoms with van der Waals surface area (Å²) in [4.78, 5) is 2.34. The highest BCUT2D eigenvalue weighted by Crippen LogP contribution is 2.47. The first-order valence-electron chi connectivity index (χ1n) is 20.5. The summed E-state index contributed by atoms with van der Waals surface area (Å²) >= 11 is 0. The number of hydrogen-bond donors (Lipinski definition) is 0. The first-order chi connectivity index (χ1) is 29.4. The fourth-order valence-corrected chi connectivity index (χ4v) is 8.81. The van der Waals surface area contributed by atoms with Crippen molar-refractivity contribution in [2.24, 2.45) is 0 Å². The summed E-state index contributed by atoms with van der Waals surface area (Å²) < 4.78 is 2.42. The first-order valence-corrected chi connectivity index (χ1v) is 20.5. The molecule has 0 atom stereocenters. The number of hydrogen-bond acceptors (Lipinski definition) is 1. The van der Waals surface area contributed by atoms with E-state index in [0.29, 0.717) is 0 Å². The number of para-hydroxylation sites is 2. The van der Waals surface area contributed by atoms with E-state index in [2.05, 4.69) is 230 Å². The molecule has 2 nitrogen and oxygen atoms in total. The van der Waals surface area contributed by atoms with E-state index >= 15 is 0 Å². The van der Waals surface area contributed by atoms with E-state index in [4.69, 9.17) is 6.42 Å². The summed E-state index contributed by atoms with van der Waals surface area (Å²) in [5, 5.41) is 2.29. The van der Waals surface area contributed by atoms with Crippen LogP contribution in [-0.4, -0.2) is 4.57 Å². The first kappa shape index (κ1) is 37.9. The Morgan fingerprint density at radius 1 is 0.633 bits per heavy atom. The van der Waals surface area contributed by atoms with Gasteiger partial charge < -0.3 is 9.47 Å². The van der Waals surface area contributed by atoms with Crippen LogP contribution in [0.5, 0.6) is 0 Å². The maximum absolute atomic E-state index is 5.93. The zero-order valence-corrected chi connectivity index (χ0v) is 34.3. The van der Waals surface area contributed by atoms with E-state index in [9.17, 15) is 0 Å². The third kappa shape index (κ3) is 6.71. The molecule has 0 radical (unpaired) electrons. The highest BCUT2D eigenvalue weighted by Gasteiger charge is 2.32. The molecule has 0 saturated heterocycles. The monoisotopic (exact) mass is 770 g/mol. The Kier molecular flexibility index (Phi) is 10.1. The van der Waals surface area contributed by atoms with E-state index in [1.807, 2.05) is 13.0 Å². The number of rotatable bonds is 10. The summed E-state index contributed by atoms with van der Waals surface area (Å²) in [6.07, 6.45) is 22.6. The van der Waals surface area contributed by atoms with Crippen molar-refractivity contribution in [2.45, 2.75) is 26.2 Å². The number of allylic oxidation sites excluding steroid dienone is 6. The van der Waals surface area contributed by atoms with Gasteiger partial charge >= 0.3 is 0 Å². The van der Waals surface area contributed by atoms with Gasteiger partial charge in [0.2, 0.25) is 0 Å². The highest BCUT2D eigenvalue weighted by atomic mass is 15.1.